The monoisotopic (exact) mass is 673 g/mol. The number of ether oxygens (including phenoxy) is 3. The Bertz CT molecular complexity index is 1290. The quantitative estimate of drug-likeness (QED) is 0.335. The molecule has 0 aliphatic carbocycles. The number of hydrogen-bond acceptors (Lipinski definition) is 8. The SMILES string of the molecule is CCN1CCC(Oc2nc(N3CCC4(CC3)CN(C(=O)OC(C)(C)C)C4)c3cc(Cl)c(Br)c(OCC(F)F)c3n2)CC1. The van der Waals surface area contributed by atoms with Gasteiger partial charge in [0.1, 0.15) is 29.6 Å². The van der Waals surface area contributed by atoms with Crippen molar-refractivity contribution in [3.05, 3.63) is 15.6 Å². The van der Waals surface area contributed by atoms with Crippen LogP contribution >= 0.6 is 27.5 Å². The summed E-state index contributed by atoms with van der Waals surface area (Å²) in [5, 5.41) is 0.929. The van der Waals surface area contributed by atoms with Gasteiger partial charge in [-0.2, -0.15) is 9.97 Å². The molecule has 1 spiro atoms. The number of fused-ring (bicyclic) bond motifs is 1. The predicted octanol–water partition coefficient (Wildman–Crippen LogP) is 6.39. The molecule has 2 aromatic rings. The van der Waals surface area contributed by atoms with Crippen LogP contribution in [0.25, 0.3) is 10.9 Å². The zero-order valence-corrected chi connectivity index (χ0v) is 26.9. The standard InChI is InChI=1S/C29H39BrClF2N5O4/c1-5-36-10-6-18(7-11-36)41-26-34-23-19(14-20(31)22(30)24(23)40-15-21(32)33)25(35-26)37-12-8-29(9-13-37)16-38(17-29)27(39)42-28(2,3)4/h14,18,21H,5-13,15-17H2,1-4H3. The lowest BCUT2D eigenvalue weighted by Crippen LogP contribution is -2.62. The van der Waals surface area contributed by atoms with Gasteiger partial charge in [-0.25, -0.2) is 13.6 Å². The van der Waals surface area contributed by atoms with Crippen LogP contribution in [0.2, 0.25) is 5.02 Å². The third kappa shape index (κ3) is 6.96. The van der Waals surface area contributed by atoms with Crippen LogP contribution in [0.5, 0.6) is 11.8 Å². The van der Waals surface area contributed by atoms with Crippen molar-refractivity contribution in [2.75, 3.05) is 57.3 Å². The van der Waals surface area contributed by atoms with Gasteiger partial charge in [-0.05, 0) is 75.0 Å². The molecule has 1 aromatic carbocycles. The van der Waals surface area contributed by atoms with Crippen molar-refractivity contribution in [3.63, 3.8) is 0 Å². The van der Waals surface area contributed by atoms with E-state index in [1.165, 1.54) is 0 Å². The molecule has 0 unspecified atom stereocenters. The lowest BCUT2D eigenvalue weighted by molar-refractivity contribution is -0.0434. The lowest BCUT2D eigenvalue weighted by Gasteiger charge is -2.53. The fraction of sp³-hybridized carbons (Fsp3) is 0.690. The largest absolute Gasteiger partial charge is 0.484 e. The van der Waals surface area contributed by atoms with Crippen molar-refractivity contribution in [2.45, 2.75) is 71.5 Å². The molecule has 42 heavy (non-hydrogen) atoms. The minimum Gasteiger partial charge on any atom is -0.484 e. The summed E-state index contributed by atoms with van der Waals surface area (Å²) in [5.41, 5.74) is -0.120. The van der Waals surface area contributed by atoms with Crippen molar-refractivity contribution in [2.24, 2.45) is 5.41 Å². The number of likely N-dealkylation sites (tertiary alicyclic amines) is 2. The van der Waals surface area contributed by atoms with Gasteiger partial charge in [0.2, 0.25) is 0 Å². The Labute approximate surface area is 258 Å². The van der Waals surface area contributed by atoms with Crippen LogP contribution in [-0.4, -0.2) is 96.4 Å². The highest BCUT2D eigenvalue weighted by atomic mass is 79.9. The molecule has 0 N–H and O–H groups in total. The Morgan fingerprint density at radius 3 is 2.43 bits per heavy atom. The van der Waals surface area contributed by atoms with E-state index < -0.39 is 18.6 Å². The van der Waals surface area contributed by atoms with Crippen LogP contribution in [0.4, 0.5) is 19.4 Å². The molecule has 9 nitrogen and oxygen atoms in total. The lowest BCUT2D eigenvalue weighted by atomic mass is 9.72. The van der Waals surface area contributed by atoms with Gasteiger partial charge in [-0.1, -0.05) is 18.5 Å². The van der Waals surface area contributed by atoms with E-state index in [0.29, 0.717) is 52.4 Å². The Morgan fingerprint density at radius 2 is 1.83 bits per heavy atom. The van der Waals surface area contributed by atoms with Crippen LogP contribution in [0.1, 0.15) is 53.4 Å². The smallest absolute Gasteiger partial charge is 0.410 e. The first-order valence-electron chi connectivity index (χ1n) is 14.6. The van der Waals surface area contributed by atoms with E-state index >= 15 is 0 Å². The summed E-state index contributed by atoms with van der Waals surface area (Å²) < 4.78 is 44.1. The molecule has 5 rings (SSSR count). The predicted molar refractivity (Wildman–Crippen MR) is 161 cm³/mol. The first kappa shape index (κ1) is 31.3. The number of benzene rings is 1. The van der Waals surface area contributed by atoms with Gasteiger partial charge in [0.05, 0.1) is 9.50 Å². The maximum atomic E-state index is 13.2. The average Bonchev–Trinajstić information content (AvgIpc) is 2.91. The summed E-state index contributed by atoms with van der Waals surface area (Å²) in [5.74, 6) is 0.781. The number of rotatable bonds is 7. The van der Waals surface area contributed by atoms with Crippen molar-refractivity contribution in [3.8, 4) is 11.8 Å². The Hall–Kier alpha value is -2.18. The molecule has 0 radical (unpaired) electrons. The number of nitrogens with zero attached hydrogens (tertiary/aromatic N) is 5. The summed E-state index contributed by atoms with van der Waals surface area (Å²) in [6.45, 7) is 12.5. The van der Waals surface area contributed by atoms with Crippen molar-refractivity contribution in [1.82, 2.24) is 19.8 Å². The topological polar surface area (TPSA) is 80.3 Å². The maximum absolute atomic E-state index is 13.2. The molecule has 3 fully saturated rings. The van der Waals surface area contributed by atoms with E-state index in [1.54, 1.807) is 11.0 Å². The van der Waals surface area contributed by atoms with Crippen molar-refractivity contribution in [1.29, 1.82) is 0 Å². The molecule has 0 atom stereocenters. The third-order valence-electron chi connectivity index (χ3n) is 8.24. The minimum absolute atomic E-state index is 0.0367. The highest BCUT2D eigenvalue weighted by molar-refractivity contribution is 9.10. The highest BCUT2D eigenvalue weighted by Crippen LogP contribution is 2.45. The van der Waals surface area contributed by atoms with Gasteiger partial charge in [0.15, 0.2) is 5.75 Å². The number of carbonyl (C=O) groups is 1. The van der Waals surface area contributed by atoms with Crippen molar-refractivity contribution < 1.29 is 27.8 Å². The van der Waals surface area contributed by atoms with Crippen molar-refractivity contribution >= 4 is 50.3 Å². The molecule has 3 saturated heterocycles. The summed E-state index contributed by atoms with van der Waals surface area (Å²) in [6, 6.07) is 1.94. The number of halogens is 4. The Kier molecular flexibility index (Phi) is 9.25. The Morgan fingerprint density at radius 1 is 1.17 bits per heavy atom. The fourth-order valence-electron chi connectivity index (χ4n) is 5.94. The molecule has 4 heterocycles. The molecule has 1 aromatic heterocycles. The number of alkyl halides is 2. The zero-order chi connectivity index (χ0) is 30.2. The maximum Gasteiger partial charge on any atom is 0.410 e. The minimum atomic E-state index is -2.66. The first-order chi connectivity index (χ1) is 19.9. The molecule has 3 aliphatic heterocycles. The van der Waals surface area contributed by atoms with E-state index in [0.717, 1.165) is 45.3 Å². The summed E-state index contributed by atoms with van der Waals surface area (Å²) in [6.07, 6.45) is 0.449. The highest BCUT2D eigenvalue weighted by Gasteiger charge is 2.48. The van der Waals surface area contributed by atoms with E-state index in [9.17, 15) is 13.6 Å². The van der Waals surface area contributed by atoms with Crippen LogP contribution in [0.3, 0.4) is 0 Å². The molecule has 232 valence electrons. The van der Waals surface area contributed by atoms with Crippen LogP contribution in [0.15, 0.2) is 10.5 Å². The van der Waals surface area contributed by atoms with Gasteiger partial charge in [0.25, 0.3) is 6.43 Å². The van der Waals surface area contributed by atoms with Crippen LogP contribution in [-0.2, 0) is 4.74 Å². The fourth-order valence-corrected chi connectivity index (χ4v) is 6.55. The third-order valence-corrected chi connectivity index (χ3v) is 9.55. The number of aromatic nitrogens is 2. The van der Waals surface area contributed by atoms with Gasteiger partial charge >= 0.3 is 12.1 Å². The second-order valence-corrected chi connectivity index (χ2v) is 13.7. The molecule has 13 heteroatoms. The van der Waals surface area contributed by atoms with Crippen LogP contribution < -0.4 is 14.4 Å². The second-order valence-electron chi connectivity index (χ2n) is 12.5. The molecule has 0 saturated carbocycles. The molecular weight excluding hydrogens is 636 g/mol. The van der Waals surface area contributed by atoms with Gasteiger partial charge < -0.3 is 28.9 Å². The number of piperidine rings is 2. The first-order valence-corrected chi connectivity index (χ1v) is 15.8. The number of anilines is 1. The number of hydrogen-bond donors (Lipinski definition) is 0. The van der Waals surface area contributed by atoms with Gasteiger partial charge in [0, 0.05) is 50.1 Å². The number of amides is 1. The zero-order valence-electron chi connectivity index (χ0n) is 24.6. The second kappa shape index (κ2) is 12.4. The van der Waals surface area contributed by atoms with E-state index in [4.69, 9.17) is 30.8 Å². The summed E-state index contributed by atoms with van der Waals surface area (Å²) in [7, 11) is 0. The van der Waals surface area contributed by atoms with E-state index in [-0.39, 0.29) is 29.4 Å². The molecule has 1 amide bonds. The molecule has 3 aliphatic rings. The summed E-state index contributed by atoms with van der Waals surface area (Å²) >= 11 is 9.95. The average molecular weight is 675 g/mol. The molecular formula is C29H39BrClF2N5O4. The van der Waals surface area contributed by atoms with Gasteiger partial charge in [-0.15, -0.1) is 0 Å². The van der Waals surface area contributed by atoms with E-state index in [1.807, 2.05) is 20.8 Å². The normalized spacial score (nSPS) is 19.8. The van der Waals surface area contributed by atoms with Crippen LogP contribution in [0, 0.1) is 5.41 Å². The summed E-state index contributed by atoms with van der Waals surface area (Å²) in [4.78, 5) is 28.3. The Balaban J connectivity index is 1.40. The molecule has 0 bridgehead atoms. The number of carbonyl (C=O) groups excluding carboxylic acids is 1. The van der Waals surface area contributed by atoms with Gasteiger partial charge in [-0.3, -0.25) is 0 Å². The van der Waals surface area contributed by atoms with E-state index in [2.05, 4.69) is 37.6 Å².